The second-order valence-corrected chi connectivity index (χ2v) is 4.91. The summed E-state index contributed by atoms with van der Waals surface area (Å²) in [5, 5.41) is 2.31. The molecule has 2 aromatic rings. The minimum atomic E-state index is -0.791. The molecule has 21 heavy (non-hydrogen) atoms. The molecule has 1 atom stereocenters. The first-order valence-corrected chi connectivity index (χ1v) is 6.60. The number of hydrogen-bond donors (Lipinski definition) is 1. The Kier molecular flexibility index (Phi) is 3.56. The molecule has 1 amide bonds. The van der Waals surface area contributed by atoms with Gasteiger partial charge in [-0.05, 0) is 30.2 Å². The van der Waals surface area contributed by atoms with Crippen LogP contribution in [0.2, 0.25) is 0 Å². The Balaban J connectivity index is 1.76. The number of ether oxygens (including phenoxy) is 1. The van der Waals surface area contributed by atoms with E-state index in [0.29, 0.717) is 6.42 Å². The van der Waals surface area contributed by atoms with Crippen molar-refractivity contribution < 1.29 is 18.3 Å². The van der Waals surface area contributed by atoms with Gasteiger partial charge in [-0.15, -0.1) is 0 Å². The number of para-hydroxylation sites is 2. The van der Waals surface area contributed by atoms with Crippen LogP contribution in [-0.2, 0) is 11.2 Å². The van der Waals surface area contributed by atoms with Gasteiger partial charge in [0, 0.05) is 0 Å². The molecule has 108 valence electrons. The van der Waals surface area contributed by atoms with E-state index < -0.39 is 29.1 Å². The number of halogens is 2. The normalized spacial score (nSPS) is 16.8. The third-order valence-corrected chi connectivity index (χ3v) is 3.46. The quantitative estimate of drug-likeness (QED) is 0.922. The SMILES string of the molecule is O=C(Nc1c(F)cccc1F)C1COc2ccccc2C1. The van der Waals surface area contributed by atoms with Gasteiger partial charge in [-0.3, -0.25) is 4.79 Å². The Hall–Kier alpha value is -2.43. The molecule has 3 nitrogen and oxygen atoms in total. The highest BCUT2D eigenvalue weighted by Gasteiger charge is 2.27. The average molecular weight is 289 g/mol. The van der Waals surface area contributed by atoms with E-state index in [2.05, 4.69) is 5.32 Å². The fraction of sp³-hybridized carbons (Fsp3) is 0.188. The lowest BCUT2D eigenvalue weighted by Gasteiger charge is -2.24. The van der Waals surface area contributed by atoms with Gasteiger partial charge in [0.15, 0.2) is 0 Å². The third kappa shape index (κ3) is 2.72. The van der Waals surface area contributed by atoms with Crippen molar-refractivity contribution in [2.24, 2.45) is 5.92 Å². The van der Waals surface area contributed by atoms with Crippen LogP contribution in [0.15, 0.2) is 42.5 Å². The molecule has 0 fully saturated rings. The van der Waals surface area contributed by atoms with Crippen LogP contribution in [0.25, 0.3) is 0 Å². The van der Waals surface area contributed by atoms with E-state index in [4.69, 9.17) is 4.74 Å². The number of carbonyl (C=O) groups is 1. The molecule has 0 aromatic heterocycles. The number of anilines is 1. The van der Waals surface area contributed by atoms with Gasteiger partial charge in [-0.25, -0.2) is 8.78 Å². The monoisotopic (exact) mass is 289 g/mol. The molecular weight excluding hydrogens is 276 g/mol. The Morgan fingerprint density at radius 1 is 1.10 bits per heavy atom. The smallest absolute Gasteiger partial charge is 0.231 e. The lowest BCUT2D eigenvalue weighted by molar-refractivity contribution is -0.121. The zero-order valence-electron chi connectivity index (χ0n) is 11.1. The van der Waals surface area contributed by atoms with Crippen molar-refractivity contribution in [1.82, 2.24) is 0 Å². The summed E-state index contributed by atoms with van der Waals surface area (Å²) in [4.78, 5) is 12.2. The molecule has 1 N–H and O–H groups in total. The van der Waals surface area contributed by atoms with Crippen LogP contribution >= 0.6 is 0 Å². The Morgan fingerprint density at radius 3 is 2.57 bits per heavy atom. The minimum absolute atomic E-state index is 0.193. The van der Waals surface area contributed by atoms with Gasteiger partial charge in [-0.1, -0.05) is 24.3 Å². The number of benzene rings is 2. The van der Waals surface area contributed by atoms with E-state index in [-0.39, 0.29) is 6.61 Å². The van der Waals surface area contributed by atoms with Gasteiger partial charge >= 0.3 is 0 Å². The molecule has 0 spiro atoms. The first kappa shape index (κ1) is 13.5. The van der Waals surface area contributed by atoms with Crippen LogP contribution < -0.4 is 10.1 Å². The highest BCUT2D eigenvalue weighted by atomic mass is 19.1. The second-order valence-electron chi connectivity index (χ2n) is 4.91. The van der Waals surface area contributed by atoms with Crippen molar-refractivity contribution in [3.63, 3.8) is 0 Å². The van der Waals surface area contributed by atoms with Crippen LogP contribution in [-0.4, -0.2) is 12.5 Å². The largest absolute Gasteiger partial charge is 0.492 e. The lowest BCUT2D eigenvalue weighted by Crippen LogP contribution is -2.33. The summed E-state index contributed by atoms with van der Waals surface area (Å²) in [5.41, 5.74) is 0.499. The third-order valence-electron chi connectivity index (χ3n) is 3.46. The van der Waals surface area contributed by atoms with Crippen molar-refractivity contribution >= 4 is 11.6 Å². The summed E-state index contributed by atoms with van der Waals surface area (Å²) in [6.45, 7) is 0.193. The second kappa shape index (κ2) is 5.52. The molecule has 3 rings (SSSR count). The molecular formula is C16H13F2NO2. The zero-order valence-corrected chi connectivity index (χ0v) is 11.1. The maximum atomic E-state index is 13.5. The first-order chi connectivity index (χ1) is 10.1. The predicted octanol–water partition coefficient (Wildman–Crippen LogP) is 3.15. The fourth-order valence-electron chi connectivity index (χ4n) is 2.34. The number of nitrogens with one attached hydrogen (secondary N) is 1. The van der Waals surface area contributed by atoms with Gasteiger partial charge in [0.2, 0.25) is 5.91 Å². The zero-order chi connectivity index (χ0) is 14.8. The van der Waals surface area contributed by atoms with E-state index in [0.717, 1.165) is 23.4 Å². The Labute approximate surface area is 120 Å². The summed E-state index contributed by atoms with van der Waals surface area (Å²) in [6, 6.07) is 10.9. The average Bonchev–Trinajstić information content (AvgIpc) is 2.50. The molecule has 2 aromatic carbocycles. The summed E-state index contributed by atoms with van der Waals surface area (Å²) in [7, 11) is 0. The topological polar surface area (TPSA) is 38.3 Å². The van der Waals surface area contributed by atoms with Gasteiger partial charge in [0.1, 0.15) is 29.7 Å². The Morgan fingerprint density at radius 2 is 1.81 bits per heavy atom. The van der Waals surface area contributed by atoms with Gasteiger partial charge in [-0.2, -0.15) is 0 Å². The summed E-state index contributed by atoms with van der Waals surface area (Å²) >= 11 is 0. The number of amides is 1. The van der Waals surface area contributed by atoms with Gasteiger partial charge < -0.3 is 10.1 Å². The minimum Gasteiger partial charge on any atom is -0.492 e. The van der Waals surface area contributed by atoms with Crippen LogP contribution in [0.3, 0.4) is 0 Å². The van der Waals surface area contributed by atoms with E-state index in [1.807, 2.05) is 24.3 Å². The Bertz CT molecular complexity index is 667. The molecule has 0 aliphatic carbocycles. The van der Waals surface area contributed by atoms with Crippen molar-refractivity contribution in [2.75, 3.05) is 11.9 Å². The van der Waals surface area contributed by atoms with Crippen molar-refractivity contribution in [2.45, 2.75) is 6.42 Å². The molecule has 1 unspecified atom stereocenters. The van der Waals surface area contributed by atoms with Crippen molar-refractivity contribution in [3.8, 4) is 5.75 Å². The van der Waals surface area contributed by atoms with Crippen LogP contribution in [0.5, 0.6) is 5.75 Å². The predicted molar refractivity (Wildman–Crippen MR) is 74.1 cm³/mol. The molecule has 1 aliphatic heterocycles. The number of fused-ring (bicyclic) bond motifs is 1. The van der Waals surface area contributed by atoms with E-state index >= 15 is 0 Å². The van der Waals surface area contributed by atoms with Crippen LogP contribution in [0.4, 0.5) is 14.5 Å². The molecule has 5 heteroatoms. The van der Waals surface area contributed by atoms with Crippen LogP contribution in [0.1, 0.15) is 5.56 Å². The highest BCUT2D eigenvalue weighted by molar-refractivity contribution is 5.93. The molecule has 0 saturated heterocycles. The molecule has 0 bridgehead atoms. The lowest BCUT2D eigenvalue weighted by atomic mass is 9.96. The summed E-state index contributed by atoms with van der Waals surface area (Å²) < 4.78 is 32.6. The van der Waals surface area contributed by atoms with Crippen molar-refractivity contribution in [3.05, 3.63) is 59.7 Å². The summed E-state index contributed by atoms with van der Waals surface area (Å²) in [5.74, 6) is -1.76. The van der Waals surface area contributed by atoms with E-state index in [9.17, 15) is 13.6 Å². The fourth-order valence-corrected chi connectivity index (χ4v) is 2.34. The molecule has 1 aliphatic rings. The number of rotatable bonds is 2. The molecule has 0 saturated carbocycles. The number of carbonyl (C=O) groups excluding carboxylic acids is 1. The maximum absolute atomic E-state index is 13.5. The standard InChI is InChI=1S/C16H13F2NO2/c17-12-5-3-6-13(18)15(12)19-16(20)11-8-10-4-1-2-7-14(10)21-9-11/h1-7,11H,8-9H2,(H,19,20). The van der Waals surface area contributed by atoms with E-state index in [1.54, 1.807) is 0 Å². The maximum Gasteiger partial charge on any atom is 0.231 e. The number of hydrogen-bond acceptors (Lipinski definition) is 2. The van der Waals surface area contributed by atoms with E-state index in [1.165, 1.54) is 6.07 Å². The van der Waals surface area contributed by atoms with Gasteiger partial charge in [0.05, 0.1) is 5.92 Å². The van der Waals surface area contributed by atoms with Gasteiger partial charge in [0.25, 0.3) is 0 Å². The summed E-state index contributed by atoms with van der Waals surface area (Å²) in [6.07, 6.45) is 0.484. The molecule has 0 radical (unpaired) electrons. The molecule has 1 heterocycles. The van der Waals surface area contributed by atoms with Crippen LogP contribution in [0, 0.1) is 17.6 Å². The first-order valence-electron chi connectivity index (χ1n) is 6.60. The highest BCUT2D eigenvalue weighted by Crippen LogP contribution is 2.28. The van der Waals surface area contributed by atoms with Crippen molar-refractivity contribution in [1.29, 1.82) is 0 Å².